The van der Waals surface area contributed by atoms with Crippen molar-refractivity contribution in [3.05, 3.63) is 95.8 Å². The Bertz CT molecular complexity index is 1330. The van der Waals surface area contributed by atoms with Crippen LogP contribution in [0.15, 0.2) is 83.8 Å². The second kappa shape index (κ2) is 12.7. The van der Waals surface area contributed by atoms with Gasteiger partial charge in [0.1, 0.15) is 18.4 Å². The number of hydrogen-bond donors (Lipinski definition) is 1. The molecule has 38 heavy (non-hydrogen) atoms. The number of rotatable bonds is 11. The first-order valence-electron chi connectivity index (χ1n) is 12.5. The van der Waals surface area contributed by atoms with Gasteiger partial charge in [-0.2, -0.15) is 0 Å². The van der Waals surface area contributed by atoms with Crippen LogP contribution in [0.3, 0.4) is 0 Å². The van der Waals surface area contributed by atoms with Gasteiger partial charge in [-0.1, -0.05) is 55.0 Å². The summed E-state index contributed by atoms with van der Waals surface area (Å²) in [6, 6.07) is 19.3. The molecule has 7 nitrogen and oxygen atoms in total. The molecule has 2 atom stereocenters. The number of sulfonamides is 1. The van der Waals surface area contributed by atoms with Crippen LogP contribution in [0.1, 0.15) is 38.3 Å². The molecule has 0 aliphatic carbocycles. The van der Waals surface area contributed by atoms with Crippen LogP contribution in [-0.4, -0.2) is 43.8 Å². The molecule has 0 fully saturated rings. The largest absolute Gasteiger partial charge is 0.352 e. The van der Waals surface area contributed by atoms with Crippen LogP contribution in [0.5, 0.6) is 0 Å². The maximum atomic E-state index is 13.8. The Balaban J connectivity index is 2.00. The molecule has 0 radical (unpaired) electrons. The highest BCUT2D eigenvalue weighted by atomic mass is 32.2. The lowest BCUT2D eigenvalue weighted by atomic mass is 10.1. The van der Waals surface area contributed by atoms with Crippen LogP contribution >= 0.6 is 0 Å². The van der Waals surface area contributed by atoms with Crippen molar-refractivity contribution >= 4 is 27.5 Å². The van der Waals surface area contributed by atoms with Crippen molar-refractivity contribution in [1.29, 1.82) is 0 Å². The van der Waals surface area contributed by atoms with Crippen LogP contribution < -0.4 is 9.62 Å². The molecule has 3 rings (SSSR count). The Morgan fingerprint density at radius 3 is 2.11 bits per heavy atom. The van der Waals surface area contributed by atoms with Crippen molar-refractivity contribution in [3.8, 4) is 0 Å². The lowest BCUT2D eigenvalue weighted by Crippen LogP contribution is -2.52. The third-order valence-corrected chi connectivity index (χ3v) is 8.15. The van der Waals surface area contributed by atoms with Crippen molar-refractivity contribution < 1.29 is 22.4 Å². The Hall–Kier alpha value is -3.72. The maximum Gasteiger partial charge on any atom is 0.264 e. The maximum absolute atomic E-state index is 13.8. The highest BCUT2D eigenvalue weighted by Crippen LogP contribution is 2.25. The summed E-state index contributed by atoms with van der Waals surface area (Å²) in [5.74, 6) is -1.35. The number of amides is 2. The topological polar surface area (TPSA) is 86.8 Å². The lowest BCUT2D eigenvalue weighted by Gasteiger charge is -2.32. The van der Waals surface area contributed by atoms with Crippen molar-refractivity contribution in [3.63, 3.8) is 0 Å². The van der Waals surface area contributed by atoms with Gasteiger partial charge in [0.15, 0.2) is 0 Å². The van der Waals surface area contributed by atoms with Crippen LogP contribution in [0.2, 0.25) is 0 Å². The molecule has 0 bridgehead atoms. The number of hydrogen-bond acceptors (Lipinski definition) is 4. The van der Waals surface area contributed by atoms with Gasteiger partial charge in [0.25, 0.3) is 10.0 Å². The summed E-state index contributed by atoms with van der Waals surface area (Å²) in [7, 11) is -4.11. The first-order chi connectivity index (χ1) is 18.0. The SMILES string of the molecule is CC[C@H](C)NC(=O)[C@@H](C)N(Cc1ccc(F)cc1)C(=O)CN(c1ccc(C)cc1)S(=O)(=O)c1ccccc1. The molecule has 0 aliphatic rings. The number of carbonyl (C=O) groups excluding carboxylic acids is 2. The minimum atomic E-state index is -4.11. The van der Waals surface area contributed by atoms with Crippen LogP contribution in [0.4, 0.5) is 10.1 Å². The first kappa shape index (κ1) is 28.8. The Morgan fingerprint density at radius 1 is 0.921 bits per heavy atom. The molecule has 1 N–H and O–H groups in total. The van der Waals surface area contributed by atoms with E-state index in [-0.39, 0.29) is 23.4 Å². The number of halogens is 1. The van der Waals surface area contributed by atoms with Crippen LogP contribution in [-0.2, 0) is 26.2 Å². The fourth-order valence-electron chi connectivity index (χ4n) is 3.79. The summed E-state index contributed by atoms with van der Waals surface area (Å²) in [6.45, 7) is 6.76. The molecule has 2 amide bonds. The number of aryl methyl sites for hydroxylation is 1. The fourth-order valence-corrected chi connectivity index (χ4v) is 5.23. The zero-order valence-corrected chi connectivity index (χ0v) is 22.9. The molecule has 0 saturated carbocycles. The number of nitrogens with one attached hydrogen (secondary N) is 1. The van der Waals surface area contributed by atoms with E-state index < -0.39 is 34.3 Å². The Labute approximate surface area is 224 Å². The molecule has 9 heteroatoms. The van der Waals surface area contributed by atoms with Crippen molar-refractivity contribution in [1.82, 2.24) is 10.2 Å². The van der Waals surface area contributed by atoms with Gasteiger partial charge in [0.05, 0.1) is 10.6 Å². The molecular formula is C29H34FN3O4S. The van der Waals surface area contributed by atoms with Gasteiger partial charge >= 0.3 is 0 Å². The van der Waals surface area contributed by atoms with Gasteiger partial charge in [-0.15, -0.1) is 0 Å². The molecule has 0 aromatic heterocycles. The van der Waals surface area contributed by atoms with E-state index in [4.69, 9.17) is 0 Å². The predicted molar refractivity (Wildman–Crippen MR) is 146 cm³/mol. The molecule has 0 unspecified atom stereocenters. The van der Waals surface area contributed by atoms with E-state index in [1.807, 2.05) is 20.8 Å². The van der Waals surface area contributed by atoms with Gasteiger partial charge in [-0.25, -0.2) is 12.8 Å². The van der Waals surface area contributed by atoms with E-state index in [0.717, 1.165) is 9.87 Å². The minimum Gasteiger partial charge on any atom is -0.352 e. The Morgan fingerprint density at radius 2 is 1.53 bits per heavy atom. The first-order valence-corrected chi connectivity index (χ1v) is 14.0. The highest BCUT2D eigenvalue weighted by Gasteiger charge is 2.32. The summed E-state index contributed by atoms with van der Waals surface area (Å²) in [4.78, 5) is 28.2. The van der Waals surface area contributed by atoms with Gasteiger partial charge in [-0.3, -0.25) is 13.9 Å². The zero-order valence-electron chi connectivity index (χ0n) is 22.1. The smallest absolute Gasteiger partial charge is 0.264 e. The molecule has 0 saturated heterocycles. The predicted octanol–water partition coefficient (Wildman–Crippen LogP) is 4.66. The lowest BCUT2D eigenvalue weighted by molar-refractivity contribution is -0.139. The molecular weight excluding hydrogens is 505 g/mol. The van der Waals surface area contributed by atoms with E-state index >= 15 is 0 Å². The standard InChI is InChI=1S/C29H34FN3O4S/c1-5-22(3)31-29(35)23(4)32(19-24-13-15-25(30)16-14-24)28(34)20-33(26-17-11-21(2)12-18-26)38(36,37)27-9-7-6-8-10-27/h6-18,22-23H,5,19-20H2,1-4H3,(H,31,35)/t22-,23+/m0/s1. The monoisotopic (exact) mass is 539 g/mol. The summed E-state index contributed by atoms with van der Waals surface area (Å²) < 4.78 is 42.0. The minimum absolute atomic E-state index is 0.00132. The van der Waals surface area contributed by atoms with Gasteiger partial charge < -0.3 is 10.2 Å². The average Bonchev–Trinajstić information content (AvgIpc) is 2.91. The molecule has 3 aromatic carbocycles. The molecule has 0 aliphatic heterocycles. The van der Waals surface area contributed by atoms with Crippen molar-refractivity contribution in [2.75, 3.05) is 10.8 Å². The summed E-state index contributed by atoms with van der Waals surface area (Å²) in [5.41, 5.74) is 1.87. The second-order valence-electron chi connectivity index (χ2n) is 9.30. The van der Waals surface area contributed by atoms with E-state index in [1.165, 1.54) is 41.3 Å². The van der Waals surface area contributed by atoms with Gasteiger partial charge in [-0.05, 0) is 69.2 Å². The third kappa shape index (κ3) is 7.19. The second-order valence-corrected chi connectivity index (χ2v) is 11.2. The third-order valence-electron chi connectivity index (χ3n) is 6.37. The van der Waals surface area contributed by atoms with E-state index in [9.17, 15) is 22.4 Å². The summed E-state index contributed by atoms with van der Waals surface area (Å²) in [6.07, 6.45) is 0.709. The van der Waals surface area contributed by atoms with Crippen LogP contribution in [0, 0.1) is 12.7 Å². The molecule has 0 heterocycles. The van der Waals surface area contributed by atoms with Gasteiger partial charge in [0, 0.05) is 12.6 Å². The summed E-state index contributed by atoms with van der Waals surface area (Å²) >= 11 is 0. The number of benzene rings is 3. The quantitative estimate of drug-likeness (QED) is 0.384. The number of carbonyl (C=O) groups is 2. The number of nitrogens with zero attached hydrogens (tertiary/aromatic N) is 2. The van der Waals surface area contributed by atoms with E-state index in [2.05, 4.69) is 5.32 Å². The molecule has 0 spiro atoms. The average molecular weight is 540 g/mol. The van der Waals surface area contributed by atoms with E-state index in [0.29, 0.717) is 17.7 Å². The fraction of sp³-hybridized carbons (Fsp3) is 0.310. The molecule has 3 aromatic rings. The molecule has 202 valence electrons. The van der Waals surface area contributed by atoms with Crippen molar-refractivity contribution in [2.24, 2.45) is 0 Å². The van der Waals surface area contributed by atoms with E-state index in [1.54, 1.807) is 49.4 Å². The van der Waals surface area contributed by atoms with Crippen LogP contribution in [0.25, 0.3) is 0 Å². The highest BCUT2D eigenvalue weighted by molar-refractivity contribution is 7.92. The summed E-state index contributed by atoms with van der Waals surface area (Å²) in [5, 5.41) is 2.88. The van der Waals surface area contributed by atoms with Crippen molar-refractivity contribution in [2.45, 2.75) is 57.6 Å². The zero-order chi connectivity index (χ0) is 27.9. The van der Waals surface area contributed by atoms with Gasteiger partial charge in [0.2, 0.25) is 11.8 Å². The number of anilines is 1. The Kier molecular flexibility index (Phi) is 9.63. The normalized spacial score (nSPS) is 12.9.